The van der Waals surface area contributed by atoms with Crippen LogP contribution in [0.1, 0.15) is 12.8 Å². The van der Waals surface area contributed by atoms with Crippen molar-refractivity contribution in [3.63, 3.8) is 0 Å². The number of hydrogen-bond acceptors (Lipinski definition) is 4. The third kappa shape index (κ3) is 4.70. The minimum Gasteiger partial charge on any atom is -0.404 e. The Hall–Kier alpha value is -1.63. The third-order valence-corrected chi connectivity index (χ3v) is 3.56. The lowest BCUT2D eigenvalue weighted by molar-refractivity contribution is -0.274. The normalized spacial score (nSPS) is 17.6. The van der Waals surface area contributed by atoms with Crippen molar-refractivity contribution in [2.45, 2.75) is 25.2 Å². The molecule has 21 heavy (non-hydrogen) atoms. The average Bonchev–Trinajstić information content (AvgIpc) is 2.41. The van der Waals surface area contributed by atoms with E-state index in [4.69, 9.17) is 0 Å². The number of rotatable bonds is 4. The highest BCUT2D eigenvalue weighted by atomic mass is 19.4. The fraction of sp³-hybridized carbons (Fsp3) is 0.571. The van der Waals surface area contributed by atoms with Crippen LogP contribution in [0.25, 0.3) is 0 Å². The third-order valence-electron chi connectivity index (χ3n) is 3.56. The summed E-state index contributed by atoms with van der Waals surface area (Å²) in [5, 5.41) is 6.09. The Bertz CT molecular complexity index is 471. The highest BCUT2D eigenvalue weighted by Gasteiger charge is 2.32. The smallest absolute Gasteiger partial charge is 0.404 e. The first-order valence-electron chi connectivity index (χ1n) is 6.90. The minimum atomic E-state index is -4.69. The van der Waals surface area contributed by atoms with Gasteiger partial charge in [-0.25, -0.2) is 0 Å². The summed E-state index contributed by atoms with van der Waals surface area (Å²) in [6, 6.07) is 4.93. The molecule has 1 saturated heterocycles. The summed E-state index contributed by atoms with van der Waals surface area (Å²) in [5.41, 5.74) is 1.11. The van der Waals surface area contributed by atoms with Gasteiger partial charge in [-0.3, -0.25) is 0 Å². The van der Waals surface area contributed by atoms with Gasteiger partial charge in [-0.2, -0.15) is 0 Å². The molecule has 0 radical (unpaired) electrons. The molecule has 0 aliphatic carbocycles. The van der Waals surface area contributed by atoms with E-state index in [9.17, 15) is 13.2 Å². The summed E-state index contributed by atoms with van der Waals surface area (Å²) in [6.07, 6.45) is -2.65. The standard InChI is InChI=1S/C14H20F3N3O/c1-18-12-9-11(3-4-13(12)21-14(15,16)17)19-10-5-7-20(2)8-6-10/h3-4,9-10,18-19H,5-8H2,1-2H3. The van der Waals surface area contributed by atoms with Crippen LogP contribution in [-0.4, -0.2) is 44.5 Å². The van der Waals surface area contributed by atoms with E-state index in [1.54, 1.807) is 19.2 Å². The Labute approximate surface area is 122 Å². The van der Waals surface area contributed by atoms with Crippen molar-refractivity contribution in [3.05, 3.63) is 18.2 Å². The maximum absolute atomic E-state index is 12.3. The molecule has 0 atom stereocenters. The quantitative estimate of drug-likeness (QED) is 0.896. The first kappa shape index (κ1) is 15.8. The molecule has 1 aliphatic rings. The zero-order valence-corrected chi connectivity index (χ0v) is 12.1. The lowest BCUT2D eigenvalue weighted by atomic mass is 10.1. The lowest BCUT2D eigenvalue weighted by Crippen LogP contribution is -2.36. The van der Waals surface area contributed by atoms with Crippen LogP contribution >= 0.6 is 0 Å². The van der Waals surface area contributed by atoms with E-state index < -0.39 is 6.36 Å². The van der Waals surface area contributed by atoms with E-state index in [2.05, 4.69) is 27.3 Å². The molecule has 0 aromatic heterocycles. The van der Waals surface area contributed by atoms with Gasteiger partial charge in [0.2, 0.25) is 0 Å². The Morgan fingerprint density at radius 3 is 2.48 bits per heavy atom. The van der Waals surface area contributed by atoms with Crippen LogP contribution in [0, 0.1) is 0 Å². The van der Waals surface area contributed by atoms with Crippen molar-refractivity contribution in [1.29, 1.82) is 0 Å². The number of nitrogens with zero attached hydrogens (tertiary/aromatic N) is 1. The number of anilines is 2. The average molecular weight is 303 g/mol. The summed E-state index contributed by atoms with van der Waals surface area (Å²) in [5.74, 6) is -0.223. The van der Waals surface area contributed by atoms with Crippen molar-refractivity contribution in [2.75, 3.05) is 37.8 Å². The molecule has 0 spiro atoms. The van der Waals surface area contributed by atoms with Gasteiger partial charge in [0, 0.05) is 18.8 Å². The number of alkyl halides is 3. The topological polar surface area (TPSA) is 36.5 Å². The Balaban J connectivity index is 2.04. The molecule has 4 nitrogen and oxygen atoms in total. The molecule has 0 saturated carbocycles. The molecule has 0 amide bonds. The van der Waals surface area contributed by atoms with Crippen LogP contribution in [0.15, 0.2) is 18.2 Å². The fourth-order valence-electron chi connectivity index (χ4n) is 2.42. The molecule has 0 bridgehead atoms. The van der Waals surface area contributed by atoms with Gasteiger partial charge in [0.25, 0.3) is 0 Å². The van der Waals surface area contributed by atoms with E-state index in [0.717, 1.165) is 31.6 Å². The summed E-state index contributed by atoms with van der Waals surface area (Å²) >= 11 is 0. The van der Waals surface area contributed by atoms with Crippen LogP contribution in [0.2, 0.25) is 0 Å². The van der Waals surface area contributed by atoms with Gasteiger partial charge in [-0.05, 0) is 51.2 Å². The first-order chi connectivity index (χ1) is 9.87. The molecule has 2 rings (SSSR count). The Morgan fingerprint density at radius 2 is 1.90 bits per heavy atom. The molecule has 118 valence electrons. The molecule has 1 fully saturated rings. The largest absolute Gasteiger partial charge is 0.573 e. The lowest BCUT2D eigenvalue weighted by Gasteiger charge is -2.30. The maximum atomic E-state index is 12.3. The highest BCUT2D eigenvalue weighted by molar-refractivity contribution is 5.65. The van der Waals surface area contributed by atoms with E-state index in [0.29, 0.717) is 11.7 Å². The fourth-order valence-corrected chi connectivity index (χ4v) is 2.42. The second-order valence-electron chi connectivity index (χ2n) is 5.23. The van der Waals surface area contributed by atoms with Crippen LogP contribution in [-0.2, 0) is 0 Å². The van der Waals surface area contributed by atoms with E-state index in [1.807, 2.05) is 0 Å². The Morgan fingerprint density at radius 1 is 1.24 bits per heavy atom. The van der Waals surface area contributed by atoms with Gasteiger partial charge in [0.05, 0.1) is 5.69 Å². The van der Waals surface area contributed by atoms with E-state index in [-0.39, 0.29) is 5.75 Å². The second-order valence-corrected chi connectivity index (χ2v) is 5.23. The molecular weight excluding hydrogens is 283 g/mol. The van der Waals surface area contributed by atoms with Gasteiger partial charge >= 0.3 is 6.36 Å². The predicted molar refractivity (Wildman–Crippen MR) is 76.8 cm³/mol. The number of ether oxygens (including phenoxy) is 1. The second kappa shape index (κ2) is 6.43. The molecule has 1 aliphatic heterocycles. The van der Waals surface area contributed by atoms with Crippen LogP contribution < -0.4 is 15.4 Å². The zero-order chi connectivity index (χ0) is 15.5. The van der Waals surface area contributed by atoms with Gasteiger partial charge in [-0.15, -0.1) is 13.2 Å². The van der Waals surface area contributed by atoms with Crippen molar-refractivity contribution in [2.24, 2.45) is 0 Å². The Kier molecular flexibility index (Phi) is 4.82. The van der Waals surface area contributed by atoms with Crippen molar-refractivity contribution in [1.82, 2.24) is 4.90 Å². The molecule has 7 heteroatoms. The minimum absolute atomic E-state index is 0.223. The number of benzene rings is 1. The summed E-state index contributed by atoms with van der Waals surface area (Å²) < 4.78 is 40.9. The summed E-state index contributed by atoms with van der Waals surface area (Å²) in [7, 11) is 3.65. The van der Waals surface area contributed by atoms with E-state index >= 15 is 0 Å². The molecule has 1 heterocycles. The van der Waals surface area contributed by atoms with Crippen molar-refractivity contribution >= 4 is 11.4 Å². The number of halogens is 3. The number of hydrogen-bond donors (Lipinski definition) is 2. The zero-order valence-electron chi connectivity index (χ0n) is 12.1. The van der Waals surface area contributed by atoms with E-state index in [1.165, 1.54) is 6.07 Å². The van der Waals surface area contributed by atoms with Gasteiger partial charge in [0.1, 0.15) is 0 Å². The monoisotopic (exact) mass is 303 g/mol. The molecule has 2 N–H and O–H groups in total. The number of nitrogens with one attached hydrogen (secondary N) is 2. The maximum Gasteiger partial charge on any atom is 0.573 e. The predicted octanol–water partition coefficient (Wildman–Crippen LogP) is 3.13. The first-order valence-corrected chi connectivity index (χ1v) is 6.90. The molecule has 0 unspecified atom stereocenters. The molecule has 1 aromatic carbocycles. The SMILES string of the molecule is CNc1cc(NC2CCN(C)CC2)ccc1OC(F)(F)F. The van der Waals surface area contributed by atoms with Crippen molar-refractivity contribution < 1.29 is 17.9 Å². The summed E-state index contributed by atoms with van der Waals surface area (Å²) in [4.78, 5) is 2.26. The van der Waals surface area contributed by atoms with Crippen molar-refractivity contribution in [3.8, 4) is 5.75 Å². The molecule has 1 aromatic rings. The van der Waals surface area contributed by atoms with Gasteiger partial charge in [-0.1, -0.05) is 0 Å². The van der Waals surface area contributed by atoms with Crippen LogP contribution in [0.4, 0.5) is 24.5 Å². The van der Waals surface area contributed by atoms with Crippen LogP contribution in [0.3, 0.4) is 0 Å². The summed E-state index contributed by atoms with van der Waals surface area (Å²) in [6.45, 7) is 2.04. The number of likely N-dealkylation sites (tertiary alicyclic amines) is 1. The number of piperidine rings is 1. The van der Waals surface area contributed by atoms with Gasteiger partial charge < -0.3 is 20.3 Å². The van der Waals surface area contributed by atoms with Gasteiger partial charge in [0.15, 0.2) is 5.75 Å². The van der Waals surface area contributed by atoms with Crippen LogP contribution in [0.5, 0.6) is 5.75 Å². The highest BCUT2D eigenvalue weighted by Crippen LogP contribution is 2.32. The molecular formula is C14H20F3N3O.